The van der Waals surface area contributed by atoms with Crippen LogP contribution >= 0.6 is 11.6 Å². The first-order chi connectivity index (χ1) is 13.5. The average Bonchev–Trinajstić information content (AvgIpc) is 3.01. The van der Waals surface area contributed by atoms with E-state index in [0.29, 0.717) is 30.0 Å². The van der Waals surface area contributed by atoms with E-state index in [0.717, 1.165) is 0 Å². The average molecular weight is 411 g/mol. The van der Waals surface area contributed by atoms with Crippen LogP contribution in [0.5, 0.6) is 5.75 Å². The number of halogens is 1. The highest BCUT2D eigenvalue weighted by atomic mass is 35.5. The highest BCUT2D eigenvalue weighted by Gasteiger charge is 2.33. The lowest BCUT2D eigenvalue weighted by atomic mass is 9.94. The van der Waals surface area contributed by atoms with Crippen molar-refractivity contribution in [3.05, 3.63) is 53.6 Å². The van der Waals surface area contributed by atoms with Crippen LogP contribution in [-0.2, 0) is 9.53 Å². The number of unbranched alkanes of at least 4 members (excludes halogenated alkanes) is 1. The van der Waals surface area contributed by atoms with E-state index in [9.17, 15) is 15.0 Å². The summed E-state index contributed by atoms with van der Waals surface area (Å²) in [7, 11) is 0. The zero-order chi connectivity index (χ0) is 20.4. The number of carboxylic acid groups (broad SMARTS) is 1. The molecule has 3 N–H and O–H groups in total. The minimum atomic E-state index is -0.812. The van der Waals surface area contributed by atoms with E-state index in [1.807, 2.05) is 12.2 Å². The van der Waals surface area contributed by atoms with Gasteiger partial charge in [-0.2, -0.15) is 0 Å². The minimum Gasteiger partial charge on any atom is -0.491 e. The molecule has 1 heterocycles. The lowest BCUT2D eigenvalue weighted by molar-refractivity contribution is -0.137. The van der Waals surface area contributed by atoms with Crippen LogP contribution in [0, 0.1) is 5.92 Å². The molecule has 1 aromatic rings. The molecule has 2 rings (SSSR count). The molecule has 1 aliphatic rings. The van der Waals surface area contributed by atoms with Gasteiger partial charge in [0.25, 0.3) is 0 Å². The van der Waals surface area contributed by atoms with Crippen LogP contribution in [0.15, 0.2) is 48.6 Å². The molecule has 0 unspecified atom stereocenters. The number of hydrogen-bond donors (Lipinski definition) is 3. The van der Waals surface area contributed by atoms with Crippen LogP contribution in [0.4, 0.5) is 0 Å². The summed E-state index contributed by atoms with van der Waals surface area (Å²) in [5, 5.41) is 29.4. The van der Waals surface area contributed by atoms with Gasteiger partial charge in [0.05, 0.1) is 18.8 Å². The maximum atomic E-state index is 10.5. The van der Waals surface area contributed by atoms with E-state index < -0.39 is 18.2 Å². The standard InChI is InChI=1S/C21H27ClO6/c22-15-6-5-7-17(12-15)27-13-16(23)10-11-20-18(19(24)14-28-20)8-3-1-2-4-9-21(25)26/h1,3,5-7,10-12,16,18-20,23-24H,2,4,8-9,13-14H2,(H,25,26)/b3-1-,11-10+/t16-,18-,19-,20+/m0/s1. The lowest BCUT2D eigenvalue weighted by Crippen LogP contribution is -2.23. The molecule has 6 nitrogen and oxygen atoms in total. The number of hydrogen-bond acceptors (Lipinski definition) is 5. The quantitative estimate of drug-likeness (QED) is 0.383. The van der Waals surface area contributed by atoms with Crippen molar-refractivity contribution in [2.24, 2.45) is 5.92 Å². The summed E-state index contributed by atoms with van der Waals surface area (Å²) in [6, 6.07) is 6.95. The van der Waals surface area contributed by atoms with Crippen molar-refractivity contribution in [3.8, 4) is 5.75 Å². The number of aliphatic hydroxyl groups is 2. The minimum absolute atomic E-state index is 0.0836. The van der Waals surface area contributed by atoms with Crippen molar-refractivity contribution in [3.63, 3.8) is 0 Å². The summed E-state index contributed by atoms with van der Waals surface area (Å²) in [6.07, 6.45) is 7.63. The number of allylic oxidation sites excluding steroid dienone is 2. The van der Waals surface area contributed by atoms with Crippen LogP contribution in [0.25, 0.3) is 0 Å². The zero-order valence-electron chi connectivity index (χ0n) is 15.6. The Morgan fingerprint density at radius 3 is 2.96 bits per heavy atom. The number of carboxylic acids is 1. The Labute approximate surface area is 170 Å². The number of aliphatic hydroxyl groups excluding tert-OH is 2. The van der Waals surface area contributed by atoms with Gasteiger partial charge in [0.15, 0.2) is 0 Å². The van der Waals surface area contributed by atoms with E-state index in [-0.39, 0.29) is 31.7 Å². The molecule has 1 aliphatic heterocycles. The van der Waals surface area contributed by atoms with Gasteiger partial charge >= 0.3 is 5.97 Å². The Morgan fingerprint density at radius 1 is 1.39 bits per heavy atom. The van der Waals surface area contributed by atoms with Gasteiger partial charge in [-0.25, -0.2) is 0 Å². The van der Waals surface area contributed by atoms with Crippen molar-refractivity contribution in [2.75, 3.05) is 13.2 Å². The van der Waals surface area contributed by atoms with Crippen LogP contribution in [0.1, 0.15) is 25.7 Å². The van der Waals surface area contributed by atoms with Crippen LogP contribution in [0.2, 0.25) is 5.02 Å². The van der Waals surface area contributed by atoms with E-state index in [4.69, 9.17) is 26.2 Å². The Kier molecular flexibility index (Phi) is 9.50. The molecule has 0 spiro atoms. The molecular weight excluding hydrogens is 384 g/mol. The van der Waals surface area contributed by atoms with Crippen molar-refractivity contribution in [1.82, 2.24) is 0 Å². The smallest absolute Gasteiger partial charge is 0.303 e. The highest BCUT2D eigenvalue weighted by molar-refractivity contribution is 6.30. The highest BCUT2D eigenvalue weighted by Crippen LogP contribution is 2.26. The molecule has 1 saturated heterocycles. The maximum Gasteiger partial charge on any atom is 0.303 e. The molecule has 0 aliphatic carbocycles. The molecule has 0 saturated carbocycles. The predicted molar refractivity (Wildman–Crippen MR) is 107 cm³/mol. The number of aliphatic carboxylic acids is 1. The molecule has 1 fully saturated rings. The fourth-order valence-corrected chi connectivity index (χ4v) is 3.12. The van der Waals surface area contributed by atoms with Gasteiger partial charge < -0.3 is 24.8 Å². The number of benzene rings is 1. The number of carbonyl (C=O) groups is 1. The first-order valence-corrected chi connectivity index (χ1v) is 9.74. The fourth-order valence-electron chi connectivity index (χ4n) is 2.94. The molecule has 0 bridgehead atoms. The SMILES string of the molecule is O=C(O)CCC/C=C\C[C@H]1[C@@H](O)CO[C@@H]1/C=C/[C@H](O)COc1cccc(Cl)c1. The second-order valence-electron chi connectivity index (χ2n) is 6.74. The topological polar surface area (TPSA) is 96.2 Å². The van der Waals surface area contributed by atoms with Gasteiger partial charge in [-0.3, -0.25) is 4.79 Å². The van der Waals surface area contributed by atoms with Crippen molar-refractivity contribution in [2.45, 2.75) is 44.0 Å². The van der Waals surface area contributed by atoms with Crippen LogP contribution in [0.3, 0.4) is 0 Å². The molecule has 1 aromatic carbocycles. The van der Waals surface area contributed by atoms with Gasteiger partial charge in [0.1, 0.15) is 18.5 Å². The Bertz CT molecular complexity index is 675. The molecule has 7 heteroatoms. The van der Waals surface area contributed by atoms with Gasteiger partial charge in [-0.05, 0) is 37.5 Å². The monoisotopic (exact) mass is 410 g/mol. The van der Waals surface area contributed by atoms with E-state index in [1.54, 1.807) is 36.4 Å². The van der Waals surface area contributed by atoms with Crippen molar-refractivity contribution < 1.29 is 29.6 Å². The van der Waals surface area contributed by atoms with Gasteiger partial charge in [0.2, 0.25) is 0 Å². The summed E-state index contributed by atoms with van der Waals surface area (Å²) >= 11 is 5.89. The predicted octanol–water partition coefficient (Wildman–Crippen LogP) is 3.21. The normalized spacial score (nSPS) is 23.5. The number of rotatable bonds is 11. The zero-order valence-corrected chi connectivity index (χ0v) is 16.4. The lowest BCUT2D eigenvalue weighted by Gasteiger charge is -2.16. The summed E-state index contributed by atoms with van der Waals surface area (Å²) in [5.74, 6) is -0.317. The summed E-state index contributed by atoms with van der Waals surface area (Å²) in [6.45, 7) is 0.335. The Hall–Kier alpha value is -1.86. The third kappa shape index (κ3) is 8.02. The van der Waals surface area contributed by atoms with Crippen LogP contribution < -0.4 is 4.74 Å². The molecule has 28 heavy (non-hydrogen) atoms. The number of ether oxygens (including phenoxy) is 2. The van der Waals surface area contributed by atoms with E-state index >= 15 is 0 Å². The second-order valence-corrected chi connectivity index (χ2v) is 7.18. The summed E-state index contributed by atoms with van der Waals surface area (Å²) in [4.78, 5) is 10.5. The van der Waals surface area contributed by atoms with Crippen LogP contribution in [-0.4, -0.2) is 52.8 Å². The molecule has 154 valence electrons. The van der Waals surface area contributed by atoms with Gasteiger partial charge in [-0.15, -0.1) is 0 Å². The largest absolute Gasteiger partial charge is 0.491 e. The first kappa shape index (κ1) is 22.4. The molecule has 0 aromatic heterocycles. The third-order valence-corrected chi connectivity index (χ3v) is 4.69. The molecule has 0 radical (unpaired) electrons. The van der Waals surface area contributed by atoms with E-state index in [2.05, 4.69) is 0 Å². The summed E-state index contributed by atoms with van der Waals surface area (Å²) < 4.78 is 11.1. The molecule has 4 atom stereocenters. The summed E-state index contributed by atoms with van der Waals surface area (Å²) in [5.41, 5.74) is 0. The third-order valence-electron chi connectivity index (χ3n) is 4.45. The maximum absolute atomic E-state index is 10.5. The van der Waals surface area contributed by atoms with Crippen molar-refractivity contribution >= 4 is 17.6 Å². The van der Waals surface area contributed by atoms with Crippen molar-refractivity contribution in [1.29, 1.82) is 0 Å². The van der Waals surface area contributed by atoms with Gasteiger partial charge in [-0.1, -0.05) is 42.0 Å². The first-order valence-electron chi connectivity index (χ1n) is 9.37. The second kappa shape index (κ2) is 11.9. The van der Waals surface area contributed by atoms with Gasteiger partial charge in [0, 0.05) is 17.4 Å². The molecular formula is C21H27ClO6. The van der Waals surface area contributed by atoms with E-state index in [1.165, 1.54) is 0 Å². The Morgan fingerprint density at radius 2 is 2.21 bits per heavy atom. The molecule has 0 amide bonds. The fraction of sp³-hybridized carbons (Fsp3) is 0.476. The Balaban J connectivity index is 1.76.